The van der Waals surface area contributed by atoms with Crippen LogP contribution < -0.4 is 0 Å². The molecule has 0 aliphatic carbocycles. The van der Waals surface area contributed by atoms with Crippen LogP contribution in [0.4, 0.5) is 13.2 Å². The van der Waals surface area contributed by atoms with Crippen molar-refractivity contribution < 1.29 is 41.5 Å². The number of nitrogens with zero attached hydrogens (tertiary/aromatic N) is 3. The molecule has 3 nitrogen and oxygen atoms in total. The molecule has 71 heavy (non-hydrogen) atoms. The van der Waals surface area contributed by atoms with Gasteiger partial charge in [0.05, 0.1) is 0 Å². The van der Waals surface area contributed by atoms with E-state index in [0.717, 1.165) is 48.0 Å². The van der Waals surface area contributed by atoms with Crippen LogP contribution in [-0.4, -0.2) is 15.0 Å². The summed E-state index contributed by atoms with van der Waals surface area (Å²) in [4.78, 5) is 14.1. The number of pyridine rings is 3. The summed E-state index contributed by atoms with van der Waals surface area (Å²) in [5.74, 6) is -1.41. The first kappa shape index (κ1) is 40.4. The number of halogens is 3. The second-order valence-electron chi connectivity index (χ2n) is 17.2. The van der Waals surface area contributed by atoms with E-state index >= 15 is 4.39 Å². The van der Waals surface area contributed by atoms with E-state index in [-0.39, 0.29) is 44.1 Å². The number of aromatic nitrogens is 3. The number of rotatable bonds is 12. The van der Waals surface area contributed by atoms with Crippen LogP contribution in [0.5, 0.6) is 0 Å². The van der Waals surface area contributed by atoms with Crippen LogP contribution in [0.2, 0.25) is 0 Å². The predicted molar refractivity (Wildman–Crippen MR) is 279 cm³/mol. The van der Waals surface area contributed by atoms with E-state index in [0.29, 0.717) is 74.4 Å². The van der Waals surface area contributed by atoms with Gasteiger partial charge in [-0.2, -0.15) is 0 Å². The van der Waals surface area contributed by atoms with Crippen LogP contribution in [0.1, 0.15) is 41.6 Å². The summed E-state index contributed by atoms with van der Waals surface area (Å²) >= 11 is 1.70. The minimum absolute atomic E-state index is 0. The van der Waals surface area contributed by atoms with Crippen molar-refractivity contribution in [2.75, 3.05) is 0 Å². The molecule has 346 valence electrons. The Morgan fingerprint density at radius 3 is 1.75 bits per heavy atom. The van der Waals surface area contributed by atoms with Gasteiger partial charge in [0.25, 0.3) is 0 Å². The number of benzene rings is 7. The molecular formula is C63H43F3IrN3S. The fourth-order valence-electron chi connectivity index (χ4n) is 9.08. The molecule has 0 aliphatic rings. The Kier molecular flexibility index (Phi) is 11.7. The third kappa shape index (κ3) is 10.0. The van der Waals surface area contributed by atoms with E-state index < -0.39 is 31.2 Å². The van der Waals surface area contributed by atoms with Crippen LogP contribution in [0, 0.1) is 49.4 Å². The van der Waals surface area contributed by atoms with E-state index in [1.807, 2.05) is 66.7 Å². The van der Waals surface area contributed by atoms with Gasteiger partial charge in [0, 0.05) is 69.7 Å². The van der Waals surface area contributed by atoms with Gasteiger partial charge < -0.3 is 15.0 Å². The van der Waals surface area contributed by atoms with Crippen LogP contribution in [0.25, 0.3) is 87.3 Å². The maximum absolute atomic E-state index is 17.1. The van der Waals surface area contributed by atoms with E-state index in [1.54, 1.807) is 36.0 Å². The van der Waals surface area contributed by atoms with Crippen molar-refractivity contribution in [3.05, 3.63) is 245 Å². The van der Waals surface area contributed by atoms with Crippen LogP contribution in [0.15, 0.2) is 176 Å². The van der Waals surface area contributed by atoms with Gasteiger partial charge in [-0.15, -0.1) is 107 Å². The molecule has 11 aromatic rings. The minimum atomic E-state index is -2.50. The predicted octanol–water partition coefficient (Wildman–Crippen LogP) is 16.2. The molecule has 4 aromatic heterocycles. The topological polar surface area (TPSA) is 38.7 Å². The van der Waals surface area contributed by atoms with Gasteiger partial charge in [-0.25, -0.2) is 4.39 Å². The molecule has 0 radical (unpaired) electrons. The Balaban J connectivity index is 0.00000672. The summed E-state index contributed by atoms with van der Waals surface area (Å²) in [7, 11) is 0. The molecule has 7 aromatic carbocycles. The van der Waals surface area contributed by atoms with Gasteiger partial charge in [0.1, 0.15) is 5.82 Å². The maximum Gasteiger partial charge on any atom is 3.00 e. The van der Waals surface area contributed by atoms with Gasteiger partial charge in [-0.1, -0.05) is 90.0 Å². The number of hydrogen-bond donors (Lipinski definition) is 0. The van der Waals surface area contributed by atoms with E-state index in [9.17, 15) is 8.78 Å². The normalized spacial score (nSPS) is 12.9. The van der Waals surface area contributed by atoms with Crippen molar-refractivity contribution in [2.24, 2.45) is 0 Å². The van der Waals surface area contributed by atoms with Crippen molar-refractivity contribution in [1.29, 1.82) is 0 Å². The number of aryl methyl sites for hydroxylation is 6. The van der Waals surface area contributed by atoms with Gasteiger partial charge in [0.15, 0.2) is 0 Å². The maximum atomic E-state index is 17.1. The smallest absolute Gasteiger partial charge is 0.304 e. The first-order valence-corrected chi connectivity index (χ1v) is 23.6. The summed E-state index contributed by atoms with van der Waals surface area (Å²) < 4.78 is 98.0. The molecular weight excluding hydrogens is 1080 g/mol. The van der Waals surface area contributed by atoms with Gasteiger partial charge in [-0.3, -0.25) is 8.78 Å². The standard InChI is InChI=1S/C63H43F3N3S.Ir/c1-39-29-58(44-19-24-50(64)25-20-44)67-36-47(39)17-15-41-31-42(16-18-48-37-68-59(30-40(48)2)45-21-26-51(65)27-22-45)33-49(32-41)52-12-8-13-57(66)63(52)56-38-69-60(43-9-4-3-5-10-43)35-55(56)46-23-28-54-53-11-6-7-14-61(53)70-62(54)34-46;/h3-9,11-14,19,21,23-38H,15-18H2,1-2H3;/q-3;+3/i1D3,2D3;. The van der Waals surface area contributed by atoms with E-state index in [4.69, 9.17) is 13.2 Å². The van der Waals surface area contributed by atoms with Crippen LogP contribution >= 0.6 is 11.3 Å². The molecule has 0 atom stereocenters. The Bertz CT molecular complexity index is 3830. The van der Waals surface area contributed by atoms with Gasteiger partial charge in [-0.05, 0) is 119 Å². The Morgan fingerprint density at radius 2 is 1.11 bits per heavy atom. The van der Waals surface area contributed by atoms with Gasteiger partial charge in [0.2, 0.25) is 0 Å². The Hall–Kier alpha value is -7.35. The van der Waals surface area contributed by atoms with Crippen molar-refractivity contribution in [2.45, 2.75) is 39.4 Å². The molecule has 8 heteroatoms. The number of hydrogen-bond acceptors (Lipinski definition) is 4. The van der Waals surface area contributed by atoms with Crippen molar-refractivity contribution in [1.82, 2.24) is 15.0 Å². The number of fused-ring (bicyclic) bond motifs is 3. The second kappa shape index (κ2) is 20.5. The summed E-state index contributed by atoms with van der Waals surface area (Å²) in [6.07, 6.45) is 6.06. The first-order valence-electron chi connectivity index (χ1n) is 25.8. The molecule has 0 unspecified atom stereocenters. The SMILES string of the molecule is [2H]C([2H])([2H])c1cc(-c2[c-]cc(F)cc2)ncc1CCc1cc(CCc2cnc(-c3[c-]cc(F)cc3)cc2C([2H])([2H])[2H])cc(-c2cccc(F)c2-c2cnc(-c3[c-]cccc3)cc2-c2ccc3c(c2)sc2ccccc23)c1.[Ir+3]. The second-order valence-corrected chi connectivity index (χ2v) is 18.3. The Labute approximate surface area is 437 Å². The minimum Gasteiger partial charge on any atom is -0.304 e. The van der Waals surface area contributed by atoms with Crippen molar-refractivity contribution >= 4 is 31.5 Å². The van der Waals surface area contributed by atoms with E-state index in [2.05, 4.69) is 58.5 Å². The third-order valence-electron chi connectivity index (χ3n) is 12.7. The monoisotopic (exact) mass is 1130 g/mol. The molecule has 0 saturated heterocycles. The summed E-state index contributed by atoms with van der Waals surface area (Å²) in [6, 6.07) is 55.0. The summed E-state index contributed by atoms with van der Waals surface area (Å²) in [6.45, 7) is -5.01. The molecule has 0 bridgehead atoms. The zero-order valence-electron chi connectivity index (χ0n) is 43.8. The molecule has 0 fully saturated rings. The van der Waals surface area contributed by atoms with E-state index in [1.165, 1.54) is 54.6 Å². The summed E-state index contributed by atoms with van der Waals surface area (Å²) in [5.41, 5.74) is 9.70. The van der Waals surface area contributed by atoms with Crippen molar-refractivity contribution in [3.63, 3.8) is 0 Å². The fourth-order valence-corrected chi connectivity index (χ4v) is 10.2. The molecule has 0 amide bonds. The molecule has 0 aliphatic heterocycles. The Morgan fingerprint density at radius 1 is 0.493 bits per heavy atom. The fraction of sp³-hybridized carbons (Fsp3) is 0.0952. The van der Waals surface area contributed by atoms with Gasteiger partial charge >= 0.3 is 20.1 Å². The molecule has 0 saturated carbocycles. The molecule has 4 heterocycles. The molecule has 0 spiro atoms. The van der Waals surface area contributed by atoms with Crippen LogP contribution in [-0.2, 0) is 45.8 Å². The quantitative estimate of drug-likeness (QED) is 0.114. The zero-order valence-corrected chi connectivity index (χ0v) is 41.0. The first-order chi connectivity index (χ1) is 36.6. The molecule has 11 rings (SSSR count). The number of thiophene rings is 1. The largest absolute Gasteiger partial charge is 3.00 e. The zero-order chi connectivity index (χ0) is 52.7. The molecule has 0 N–H and O–H groups in total. The summed E-state index contributed by atoms with van der Waals surface area (Å²) in [5, 5.41) is 2.29. The average molecular weight is 1130 g/mol. The van der Waals surface area contributed by atoms with Crippen LogP contribution in [0.3, 0.4) is 0 Å². The van der Waals surface area contributed by atoms with Crippen molar-refractivity contribution in [3.8, 4) is 67.2 Å². The average Bonchev–Trinajstić information content (AvgIpc) is 3.84. The third-order valence-corrected chi connectivity index (χ3v) is 13.8.